The minimum absolute atomic E-state index is 0.0496. The number of carbonyl (C=O) groups excluding carboxylic acids is 1. The molecule has 1 aromatic rings. The molecule has 4 nitrogen and oxygen atoms in total. The topological polar surface area (TPSA) is 69.6 Å². The Kier molecular flexibility index (Phi) is 7.30. The van der Waals surface area contributed by atoms with Crippen molar-refractivity contribution in [1.82, 2.24) is 5.32 Å². The van der Waals surface area contributed by atoms with Gasteiger partial charge in [-0.3, -0.25) is 4.79 Å². The predicted octanol–water partition coefficient (Wildman–Crippen LogP) is 2.20. The Hall–Kier alpha value is -1.65. The summed E-state index contributed by atoms with van der Waals surface area (Å²) in [4.78, 5) is 11.8. The molecule has 1 aliphatic heterocycles. The number of benzene rings is 1. The maximum absolute atomic E-state index is 11.8. The summed E-state index contributed by atoms with van der Waals surface area (Å²) >= 11 is 0. The van der Waals surface area contributed by atoms with Gasteiger partial charge < -0.3 is 15.5 Å². The first-order valence-corrected chi connectivity index (χ1v) is 8.44. The first-order valence-electron chi connectivity index (χ1n) is 8.44. The molecule has 1 saturated heterocycles. The zero-order chi connectivity index (χ0) is 16.5. The van der Waals surface area contributed by atoms with Crippen LogP contribution in [0.1, 0.15) is 37.7 Å². The molecule has 1 amide bonds. The summed E-state index contributed by atoms with van der Waals surface area (Å²) in [7, 11) is 0. The van der Waals surface area contributed by atoms with Crippen molar-refractivity contribution in [3.05, 3.63) is 48.0 Å². The maximum atomic E-state index is 11.8. The number of hydrogen-bond acceptors (Lipinski definition) is 3. The monoisotopic (exact) mass is 317 g/mol. The van der Waals surface area contributed by atoms with E-state index in [0.29, 0.717) is 25.2 Å². The highest BCUT2D eigenvalue weighted by Crippen LogP contribution is 2.24. The number of nitrogens with one attached hydrogen (secondary N) is 1. The van der Waals surface area contributed by atoms with Gasteiger partial charge >= 0.3 is 0 Å². The molecular formula is C19H27NO3. The van der Waals surface area contributed by atoms with Crippen LogP contribution in [0.3, 0.4) is 0 Å². The van der Waals surface area contributed by atoms with Crippen molar-refractivity contribution < 1.29 is 15.0 Å². The van der Waals surface area contributed by atoms with Crippen LogP contribution >= 0.6 is 0 Å². The van der Waals surface area contributed by atoms with E-state index < -0.39 is 0 Å². The van der Waals surface area contributed by atoms with Gasteiger partial charge in [0.25, 0.3) is 0 Å². The maximum Gasteiger partial charge on any atom is 0.220 e. The number of hydrogen-bond donors (Lipinski definition) is 3. The summed E-state index contributed by atoms with van der Waals surface area (Å²) in [6.07, 6.45) is 7.79. The Morgan fingerprint density at radius 2 is 2.04 bits per heavy atom. The standard InChI is InChI=1S/C19H27NO3/c21-11-5-4-8-16-12-17(20-19(23)14-16)9-10-18(22)13-15-6-2-1-3-7-15/h1-7,16-18,21-22H,8-14H2,(H,20,23)/b5-4-/t16?,17-,18?/m0/s1. The summed E-state index contributed by atoms with van der Waals surface area (Å²) in [5.41, 5.74) is 1.14. The largest absolute Gasteiger partial charge is 0.393 e. The third kappa shape index (κ3) is 6.55. The average molecular weight is 317 g/mol. The van der Waals surface area contributed by atoms with Gasteiger partial charge in [0.15, 0.2) is 0 Å². The molecule has 126 valence electrons. The fourth-order valence-corrected chi connectivity index (χ4v) is 3.21. The quantitative estimate of drug-likeness (QED) is 0.644. The van der Waals surface area contributed by atoms with E-state index in [-0.39, 0.29) is 24.7 Å². The molecule has 1 heterocycles. The number of amides is 1. The molecule has 3 atom stereocenters. The van der Waals surface area contributed by atoms with E-state index in [1.807, 2.05) is 36.4 Å². The molecule has 4 heteroatoms. The Morgan fingerprint density at radius 3 is 2.78 bits per heavy atom. The van der Waals surface area contributed by atoms with Gasteiger partial charge in [-0.15, -0.1) is 0 Å². The fourth-order valence-electron chi connectivity index (χ4n) is 3.21. The highest BCUT2D eigenvalue weighted by molar-refractivity contribution is 5.77. The molecule has 2 rings (SSSR count). The summed E-state index contributed by atoms with van der Waals surface area (Å²) in [5.74, 6) is 0.434. The minimum atomic E-state index is -0.371. The summed E-state index contributed by atoms with van der Waals surface area (Å²) in [6.45, 7) is 0.0496. The third-order valence-corrected chi connectivity index (χ3v) is 4.36. The Labute approximate surface area is 138 Å². The van der Waals surface area contributed by atoms with Gasteiger partial charge in [0.05, 0.1) is 12.7 Å². The van der Waals surface area contributed by atoms with Crippen LogP contribution in [0.25, 0.3) is 0 Å². The van der Waals surface area contributed by atoms with Crippen molar-refractivity contribution in [2.24, 2.45) is 5.92 Å². The molecule has 0 aliphatic carbocycles. The first kappa shape index (κ1) is 17.7. The Bertz CT molecular complexity index is 501. The van der Waals surface area contributed by atoms with Crippen molar-refractivity contribution in [3.8, 4) is 0 Å². The van der Waals surface area contributed by atoms with Gasteiger partial charge in [-0.1, -0.05) is 42.5 Å². The van der Waals surface area contributed by atoms with Crippen molar-refractivity contribution in [2.75, 3.05) is 6.61 Å². The van der Waals surface area contributed by atoms with Crippen molar-refractivity contribution in [1.29, 1.82) is 0 Å². The molecule has 0 saturated carbocycles. The van der Waals surface area contributed by atoms with E-state index in [4.69, 9.17) is 5.11 Å². The van der Waals surface area contributed by atoms with E-state index >= 15 is 0 Å². The lowest BCUT2D eigenvalue weighted by Gasteiger charge is -2.30. The molecule has 23 heavy (non-hydrogen) atoms. The highest BCUT2D eigenvalue weighted by Gasteiger charge is 2.26. The summed E-state index contributed by atoms with van der Waals surface area (Å²) in [5, 5.41) is 22.0. The van der Waals surface area contributed by atoms with Gasteiger partial charge in [-0.05, 0) is 43.6 Å². The van der Waals surface area contributed by atoms with Crippen LogP contribution in [0.4, 0.5) is 0 Å². The van der Waals surface area contributed by atoms with Crippen molar-refractivity contribution >= 4 is 5.91 Å². The Balaban J connectivity index is 1.75. The lowest BCUT2D eigenvalue weighted by Crippen LogP contribution is -2.42. The fraction of sp³-hybridized carbons (Fsp3) is 0.526. The van der Waals surface area contributed by atoms with Crippen LogP contribution in [0.2, 0.25) is 0 Å². The zero-order valence-electron chi connectivity index (χ0n) is 13.5. The van der Waals surface area contributed by atoms with E-state index in [0.717, 1.165) is 24.8 Å². The summed E-state index contributed by atoms with van der Waals surface area (Å²) in [6, 6.07) is 10.1. The average Bonchev–Trinajstić information content (AvgIpc) is 2.54. The first-order chi connectivity index (χ1) is 11.2. The molecule has 0 bridgehead atoms. The second kappa shape index (κ2) is 9.48. The molecule has 1 fully saturated rings. The Morgan fingerprint density at radius 1 is 1.26 bits per heavy atom. The van der Waals surface area contributed by atoms with Gasteiger partial charge in [0, 0.05) is 12.5 Å². The van der Waals surface area contributed by atoms with Crippen LogP contribution in [-0.2, 0) is 11.2 Å². The van der Waals surface area contributed by atoms with E-state index in [1.165, 1.54) is 0 Å². The van der Waals surface area contributed by atoms with Crippen LogP contribution in [-0.4, -0.2) is 34.9 Å². The normalized spacial score (nSPS) is 23.0. The molecule has 2 unspecified atom stereocenters. The second-order valence-corrected chi connectivity index (χ2v) is 6.38. The number of piperidine rings is 1. The van der Waals surface area contributed by atoms with E-state index in [9.17, 15) is 9.90 Å². The lowest BCUT2D eigenvalue weighted by atomic mass is 9.86. The molecular weight excluding hydrogens is 290 g/mol. The van der Waals surface area contributed by atoms with E-state index in [1.54, 1.807) is 6.08 Å². The van der Waals surface area contributed by atoms with Crippen LogP contribution in [0, 0.1) is 5.92 Å². The number of carbonyl (C=O) groups is 1. The van der Waals surface area contributed by atoms with Gasteiger partial charge in [0.1, 0.15) is 0 Å². The number of aliphatic hydroxyl groups is 2. The van der Waals surface area contributed by atoms with Crippen LogP contribution in [0.15, 0.2) is 42.5 Å². The van der Waals surface area contributed by atoms with Gasteiger partial charge in [-0.2, -0.15) is 0 Å². The van der Waals surface area contributed by atoms with Crippen LogP contribution < -0.4 is 5.32 Å². The van der Waals surface area contributed by atoms with Crippen molar-refractivity contribution in [2.45, 2.75) is 50.7 Å². The SMILES string of the molecule is O=C1CC(C/C=C\CO)C[C@H](CCC(O)Cc2ccccc2)N1. The molecule has 0 aromatic heterocycles. The van der Waals surface area contributed by atoms with Gasteiger partial charge in [-0.25, -0.2) is 0 Å². The second-order valence-electron chi connectivity index (χ2n) is 6.38. The zero-order valence-corrected chi connectivity index (χ0v) is 13.5. The minimum Gasteiger partial charge on any atom is -0.393 e. The van der Waals surface area contributed by atoms with E-state index in [2.05, 4.69) is 5.32 Å². The smallest absolute Gasteiger partial charge is 0.220 e. The number of rotatable bonds is 8. The molecule has 1 aromatic carbocycles. The molecule has 0 radical (unpaired) electrons. The van der Waals surface area contributed by atoms with Crippen LogP contribution in [0.5, 0.6) is 0 Å². The highest BCUT2D eigenvalue weighted by atomic mass is 16.3. The molecule has 3 N–H and O–H groups in total. The lowest BCUT2D eigenvalue weighted by molar-refractivity contribution is -0.124. The molecule has 1 aliphatic rings. The van der Waals surface area contributed by atoms with Gasteiger partial charge in [0.2, 0.25) is 5.91 Å². The predicted molar refractivity (Wildman–Crippen MR) is 90.9 cm³/mol. The molecule has 0 spiro atoms. The van der Waals surface area contributed by atoms with Crippen molar-refractivity contribution in [3.63, 3.8) is 0 Å². The number of allylic oxidation sites excluding steroid dienone is 1. The number of aliphatic hydroxyl groups excluding tert-OH is 2. The third-order valence-electron chi connectivity index (χ3n) is 4.36. The summed E-state index contributed by atoms with van der Waals surface area (Å²) < 4.78 is 0.